The number of thioether (sulfide) groups is 1. The van der Waals surface area contributed by atoms with Gasteiger partial charge in [0, 0.05) is 17.4 Å². The Labute approximate surface area is 146 Å². The fourth-order valence-corrected chi connectivity index (χ4v) is 3.93. The molecule has 7 heteroatoms. The number of anilines is 1. The molecule has 1 aromatic heterocycles. The number of carbonyl (C=O) groups is 1. The predicted octanol–water partition coefficient (Wildman–Crippen LogP) is 5.09. The van der Waals surface area contributed by atoms with Gasteiger partial charge in [-0.3, -0.25) is 4.79 Å². The van der Waals surface area contributed by atoms with Crippen molar-refractivity contribution in [2.24, 2.45) is 0 Å². The standard InChI is InChI=1S/C17H14F2N2OS2/c18-11-9-13(19)16-14(10-11)24-17(21-16)20-15(22)7-4-8-23-12-5-2-1-3-6-12/h1-3,5-6,9-10H,4,7-8H2,(H,20,21,22). The van der Waals surface area contributed by atoms with Gasteiger partial charge in [-0.15, -0.1) is 11.8 Å². The van der Waals surface area contributed by atoms with E-state index in [1.165, 1.54) is 11.0 Å². The van der Waals surface area contributed by atoms with Crippen molar-refractivity contribution in [2.75, 3.05) is 11.1 Å². The van der Waals surface area contributed by atoms with Crippen molar-refractivity contribution >= 4 is 44.4 Å². The van der Waals surface area contributed by atoms with Crippen LogP contribution in [0.2, 0.25) is 0 Å². The lowest BCUT2D eigenvalue weighted by atomic mass is 10.3. The van der Waals surface area contributed by atoms with Gasteiger partial charge < -0.3 is 5.32 Å². The Morgan fingerprint density at radius 2 is 2.00 bits per heavy atom. The first-order valence-electron chi connectivity index (χ1n) is 7.35. The number of aromatic nitrogens is 1. The zero-order chi connectivity index (χ0) is 16.9. The molecule has 0 aliphatic rings. The maximum Gasteiger partial charge on any atom is 0.226 e. The average molecular weight is 364 g/mol. The molecule has 1 N–H and O–H groups in total. The minimum absolute atomic E-state index is 0.0799. The predicted molar refractivity (Wildman–Crippen MR) is 94.6 cm³/mol. The van der Waals surface area contributed by atoms with Crippen molar-refractivity contribution in [2.45, 2.75) is 17.7 Å². The summed E-state index contributed by atoms with van der Waals surface area (Å²) in [7, 11) is 0. The van der Waals surface area contributed by atoms with E-state index in [0.717, 1.165) is 29.6 Å². The van der Waals surface area contributed by atoms with Crippen LogP contribution < -0.4 is 5.32 Å². The summed E-state index contributed by atoms with van der Waals surface area (Å²) in [6.45, 7) is 0. The molecule has 0 bridgehead atoms. The minimum atomic E-state index is -0.721. The molecule has 24 heavy (non-hydrogen) atoms. The Morgan fingerprint density at radius 3 is 2.79 bits per heavy atom. The third-order valence-corrected chi connectivity index (χ3v) is 5.24. The van der Waals surface area contributed by atoms with Gasteiger partial charge in [0.2, 0.25) is 5.91 Å². The smallest absolute Gasteiger partial charge is 0.226 e. The van der Waals surface area contributed by atoms with Crippen LogP contribution in [0.15, 0.2) is 47.4 Å². The summed E-state index contributed by atoms with van der Waals surface area (Å²) in [6, 6.07) is 12.0. The Hall–Kier alpha value is -1.99. The number of fused-ring (bicyclic) bond motifs is 1. The summed E-state index contributed by atoms with van der Waals surface area (Å²) in [5, 5.41) is 2.93. The number of amides is 1. The van der Waals surface area contributed by atoms with Crippen molar-refractivity contribution in [1.82, 2.24) is 4.98 Å². The topological polar surface area (TPSA) is 42.0 Å². The molecule has 3 nitrogen and oxygen atoms in total. The summed E-state index contributed by atoms with van der Waals surface area (Å²) in [6.07, 6.45) is 1.08. The number of nitrogens with one attached hydrogen (secondary N) is 1. The van der Waals surface area contributed by atoms with Crippen LogP contribution in [0, 0.1) is 11.6 Å². The zero-order valence-electron chi connectivity index (χ0n) is 12.6. The molecule has 3 aromatic rings. The molecule has 0 fully saturated rings. The molecule has 0 aliphatic heterocycles. The largest absolute Gasteiger partial charge is 0.302 e. The van der Waals surface area contributed by atoms with Gasteiger partial charge in [0.15, 0.2) is 10.9 Å². The first-order valence-corrected chi connectivity index (χ1v) is 9.15. The van der Waals surface area contributed by atoms with E-state index in [0.29, 0.717) is 11.1 Å². The molecule has 0 atom stereocenters. The van der Waals surface area contributed by atoms with Crippen LogP contribution in [0.3, 0.4) is 0 Å². The van der Waals surface area contributed by atoms with Crippen molar-refractivity contribution < 1.29 is 13.6 Å². The lowest BCUT2D eigenvalue weighted by molar-refractivity contribution is -0.116. The van der Waals surface area contributed by atoms with Crippen LogP contribution in [0.5, 0.6) is 0 Å². The Kier molecular flexibility index (Phi) is 5.42. The lowest BCUT2D eigenvalue weighted by Crippen LogP contribution is -2.11. The highest BCUT2D eigenvalue weighted by Gasteiger charge is 2.12. The van der Waals surface area contributed by atoms with Crippen LogP contribution in [-0.4, -0.2) is 16.6 Å². The fourth-order valence-electron chi connectivity index (χ4n) is 2.13. The molecule has 0 aliphatic carbocycles. The van der Waals surface area contributed by atoms with Crippen molar-refractivity contribution in [1.29, 1.82) is 0 Å². The molecule has 1 amide bonds. The van der Waals surface area contributed by atoms with Crippen molar-refractivity contribution in [3.63, 3.8) is 0 Å². The van der Waals surface area contributed by atoms with Crippen molar-refractivity contribution in [3.8, 4) is 0 Å². The highest BCUT2D eigenvalue weighted by Crippen LogP contribution is 2.28. The second-order valence-corrected chi connectivity index (χ2v) is 7.27. The number of benzene rings is 2. The molecule has 1 heterocycles. The number of nitrogens with zero attached hydrogens (tertiary/aromatic N) is 1. The third kappa shape index (κ3) is 4.30. The Morgan fingerprint density at radius 1 is 1.21 bits per heavy atom. The maximum atomic E-state index is 13.6. The third-order valence-electron chi connectivity index (χ3n) is 3.22. The van der Waals surface area contributed by atoms with Crippen LogP contribution in [0.4, 0.5) is 13.9 Å². The van der Waals surface area contributed by atoms with E-state index in [1.807, 2.05) is 30.3 Å². The summed E-state index contributed by atoms with van der Waals surface area (Å²) >= 11 is 2.75. The number of halogens is 2. The Bertz CT molecular complexity index is 852. The molecule has 0 spiro atoms. The van der Waals surface area contributed by atoms with Crippen molar-refractivity contribution in [3.05, 3.63) is 54.1 Å². The van der Waals surface area contributed by atoms with E-state index < -0.39 is 11.6 Å². The molecular weight excluding hydrogens is 350 g/mol. The molecule has 0 saturated heterocycles. The molecule has 124 valence electrons. The van der Waals surface area contributed by atoms with Gasteiger partial charge in [-0.05, 0) is 30.4 Å². The minimum Gasteiger partial charge on any atom is -0.302 e. The first-order chi connectivity index (χ1) is 11.6. The van der Waals surface area contributed by atoms with Gasteiger partial charge in [0.1, 0.15) is 11.3 Å². The average Bonchev–Trinajstić information content (AvgIpc) is 2.95. The van der Waals surface area contributed by atoms with E-state index in [2.05, 4.69) is 10.3 Å². The molecule has 0 unspecified atom stereocenters. The quantitative estimate of drug-likeness (QED) is 0.490. The van der Waals surface area contributed by atoms with Gasteiger partial charge in [-0.1, -0.05) is 29.5 Å². The zero-order valence-corrected chi connectivity index (χ0v) is 14.2. The van der Waals surface area contributed by atoms with Gasteiger partial charge in [-0.2, -0.15) is 0 Å². The molecule has 3 rings (SSSR count). The maximum absolute atomic E-state index is 13.6. The number of rotatable bonds is 6. The van der Waals surface area contributed by atoms with E-state index in [-0.39, 0.29) is 16.6 Å². The van der Waals surface area contributed by atoms with Gasteiger partial charge in [-0.25, -0.2) is 13.8 Å². The SMILES string of the molecule is O=C(CCCSc1ccccc1)Nc1nc2c(F)cc(F)cc2s1. The molecule has 0 radical (unpaired) electrons. The Balaban J connectivity index is 1.51. The molecule has 0 saturated carbocycles. The lowest BCUT2D eigenvalue weighted by Gasteiger charge is -2.02. The van der Waals surface area contributed by atoms with Crippen LogP contribution >= 0.6 is 23.1 Å². The first kappa shape index (κ1) is 16.9. The normalized spacial score (nSPS) is 10.9. The van der Waals surface area contributed by atoms with Crippen LogP contribution in [0.25, 0.3) is 10.2 Å². The van der Waals surface area contributed by atoms with E-state index in [9.17, 15) is 13.6 Å². The van der Waals surface area contributed by atoms with E-state index in [4.69, 9.17) is 0 Å². The second-order valence-electron chi connectivity index (χ2n) is 5.07. The van der Waals surface area contributed by atoms with E-state index in [1.54, 1.807) is 11.8 Å². The van der Waals surface area contributed by atoms with Gasteiger partial charge >= 0.3 is 0 Å². The van der Waals surface area contributed by atoms with E-state index >= 15 is 0 Å². The summed E-state index contributed by atoms with van der Waals surface area (Å²) in [5.74, 6) is -0.721. The summed E-state index contributed by atoms with van der Waals surface area (Å²) in [5.41, 5.74) is 0.0799. The number of hydrogen-bond acceptors (Lipinski definition) is 4. The number of carbonyl (C=O) groups excluding carboxylic acids is 1. The number of hydrogen-bond donors (Lipinski definition) is 1. The van der Waals surface area contributed by atoms with Gasteiger partial charge in [0.25, 0.3) is 0 Å². The highest BCUT2D eigenvalue weighted by molar-refractivity contribution is 7.99. The second kappa shape index (κ2) is 7.72. The van der Waals surface area contributed by atoms with Crippen LogP contribution in [-0.2, 0) is 4.79 Å². The fraction of sp³-hybridized carbons (Fsp3) is 0.176. The van der Waals surface area contributed by atoms with Gasteiger partial charge in [0.05, 0.1) is 4.70 Å². The monoisotopic (exact) mass is 364 g/mol. The highest BCUT2D eigenvalue weighted by atomic mass is 32.2. The van der Waals surface area contributed by atoms with Crippen LogP contribution in [0.1, 0.15) is 12.8 Å². The number of thiazole rings is 1. The summed E-state index contributed by atoms with van der Waals surface area (Å²) < 4.78 is 27.1. The molecular formula is C17H14F2N2OS2. The molecule has 2 aromatic carbocycles. The summed E-state index contributed by atoms with van der Waals surface area (Å²) in [4.78, 5) is 17.1.